The van der Waals surface area contributed by atoms with Crippen LogP contribution in [-0.4, -0.2) is 40.3 Å². The van der Waals surface area contributed by atoms with Crippen LogP contribution in [0.15, 0.2) is 0 Å². The molecule has 1 unspecified atom stereocenters. The van der Waals surface area contributed by atoms with E-state index < -0.39 is 17.0 Å². The van der Waals surface area contributed by atoms with Gasteiger partial charge in [0.15, 0.2) is 0 Å². The summed E-state index contributed by atoms with van der Waals surface area (Å²) in [6.07, 6.45) is 3.65. The first-order chi connectivity index (χ1) is 8.76. The number of carbonyl (C=O) groups is 2. The maximum Gasteiger partial charge on any atom is 0.410 e. The number of carboxylic acids is 1. The fourth-order valence-electron chi connectivity index (χ4n) is 2.87. The average molecular weight is 269 g/mol. The Balaban J connectivity index is 2.13. The number of piperidine rings is 1. The summed E-state index contributed by atoms with van der Waals surface area (Å²) in [4.78, 5) is 25.3. The number of likely N-dealkylation sites (tertiary alicyclic amines) is 1. The summed E-state index contributed by atoms with van der Waals surface area (Å²) in [5.41, 5.74) is -1.25. The summed E-state index contributed by atoms with van der Waals surface area (Å²) in [5, 5.41) is 9.41. The number of hydrogen-bond donors (Lipinski definition) is 1. The first-order valence-corrected chi connectivity index (χ1v) is 6.99. The van der Waals surface area contributed by atoms with Gasteiger partial charge in [0.25, 0.3) is 0 Å². The van der Waals surface area contributed by atoms with Crippen molar-refractivity contribution in [2.75, 3.05) is 6.54 Å². The molecule has 0 bridgehead atoms. The first kappa shape index (κ1) is 14.2. The van der Waals surface area contributed by atoms with Crippen LogP contribution < -0.4 is 0 Å². The lowest BCUT2D eigenvalue weighted by atomic mass is 9.88. The molecule has 2 fully saturated rings. The number of carboxylic acid groups (broad SMARTS) is 1. The van der Waals surface area contributed by atoms with Crippen molar-refractivity contribution in [3.05, 3.63) is 0 Å². The van der Waals surface area contributed by atoms with Gasteiger partial charge in [-0.25, -0.2) is 4.79 Å². The number of amides is 1. The molecule has 0 radical (unpaired) electrons. The Labute approximate surface area is 113 Å². The van der Waals surface area contributed by atoms with Crippen LogP contribution in [0.3, 0.4) is 0 Å². The van der Waals surface area contributed by atoms with E-state index >= 15 is 0 Å². The Morgan fingerprint density at radius 3 is 2.37 bits per heavy atom. The van der Waals surface area contributed by atoms with E-state index in [1.165, 1.54) is 0 Å². The molecular weight excluding hydrogens is 246 g/mol. The molecule has 1 saturated heterocycles. The van der Waals surface area contributed by atoms with E-state index in [2.05, 4.69) is 0 Å². The van der Waals surface area contributed by atoms with Crippen LogP contribution in [0, 0.1) is 5.41 Å². The highest BCUT2D eigenvalue weighted by molar-refractivity contribution is 5.80. The molecule has 1 amide bonds. The number of ether oxygens (including phenoxy) is 1. The summed E-state index contributed by atoms with van der Waals surface area (Å²) >= 11 is 0. The van der Waals surface area contributed by atoms with Gasteiger partial charge in [0.1, 0.15) is 5.60 Å². The number of nitrogens with zero attached hydrogens (tertiary/aromatic N) is 1. The minimum absolute atomic E-state index is 0.200. The van der Waals surface area contributed by atoms with Crippen LogP contribution in [0.2, 0.25) is 0 Å². The normalized spacial score (nSPS) is 25.8. The molecule has 2 aliphatic rings. The highest BCUT2D eigenvalue weighted by Crippen LogP contribution is 2.53. The largest absolute Gasteiger partial charge is 0.481 e. The Kier molecular flexibility index (Phi) is 3.49. The van der Waals surface area contributed by atoms with E-state index in [1.807, 2.05) is 20.8 Å². The molecule has 5 nitrogen and oxygen atoms in total. The van der Waals surface area contributed by atoms with Gasteiger partial charge in [0.05, 0.1) is 11.5 Å². The highest BCUT2D eigenvalue weighted by atomic mass is 16.6. The second-order valence-corrected chi connectivity index (χ2v) is 6.65. The first-order valence-electron chi connectivity index (χ1n) is 6.99. The van der Waals surface area contributed by atoms with E-state index in [9.17, 15) is 14.7 Å². The second kappa shape index (κ2) is 4.69. The Bertz CT molecular complexity index is 381. The minimum atomic E-state index is -0.770. The lowest BCUT2D eigenvalue weighted by Crippen LogP contribution is -2.52. The zero-order valence-electron chi connectivity index (χ0n) is 11.9. The third kappa shape index (κ3) is 2.85. The van der Waals surface area contributed by atoms with Crippen molar-refractivity contribution < 1.29 is 19.4 Å². The molecule has 0 aromatic heterocycles. The number of rotatable bonds is 2. The summed E-state index contributed by atoms with van der Waals surface area (Å²) in [7, 11) is 0. The zero-order chi connectivity index (χ0) is 14.3. The van der Waals surface area contributed by atoms with Crippen LogP contribution in [0.5, 0.6) is 0 Å². The van der Waals surface area contributed by atoms with E-state index in [0.717, 1.165) is 19.3 Å². The molecule has 1 saturated carbocycles. The van der Waals surface area contributed by atoms with E-state index in [0.29, 0.717) is 19.4 Å². The Hall–Kier alpha value is -1.26. The molecule has 0 aromatic carbocycles. The van der Waals surface area contributed by atoms with Crippen molar-refractivity contribution in [3.8, 4) is 0 Å². The molecule has 0 aromatic rings. The number of hydrogen-bond acceptors (Lipinski definition) is 3. The summed E-state index contributed by atoms with van der Waals surface area (Å²) in [6.45, 7) is 6.09. The fraction of sp³-hybridized carbons (Fsp3) is 0.857. The fourth-order valence-corrected chi connectivity index (χ4v) is 2.87. The molecule has 0 spiro atoms. The monoisotopic (exact) mass is 269 g/mol. The predicted molar refractivity (Wildman–Crippen MR) is 69.9 cm³/mol. The molecular formula is C14H23NO4. The smallest absolute Gasteiger partial charge is 0.410 e. The van der Waals surface area contributed by atoms with Crippen molar-refractivity contribution in [2.45, 2.75) is 64.5 Å². The van der Waals surface area contributed by atoms with E-state index in [-0.39, 0.29) is 12.1 Å². The average Bonchev–Trinajstić information content (AvgIpc) is 3.07. The van der Waals surface area contributed by atoms with Crippen LogP contribution >= 0.6 is 0 Å². The van der Waals surface area contributed by atoms with Crippen LogP contribution in [0.1, 0.15) is 52.9 Å². The van der Waals surface area contributed by atoms with Gasteiger partial charge in [-0.1, -0.05) is 0 Å². The Morgan fingerprint density at radius 2 is 1.89 bits per heavy atom. The van der Waals surface area contributed by atoms with Gasteiger partial charge < -0.3 is 14.7 Å². The van der Waals surface area contributed by atoms with Crippen LogP contribution in [-0.2, 0) is 9.53 Å². The maximum absolute atomic E-state index is 12.2. The lowest BCUT2D eigenvalue weighted by Gasteiger charge is -2.39. The topological polar surface area (TPSA) is 66.8 Å². The van der Waals surface area contributed by atoms with E-state index in [1.54, 1.807) is 4.90 Å². The summed E-state index contributed by atoms with van der Waals surface area (Å²) in [5.74, 6) is -0.770. The number of carbonyl (C=O) groups excluding carboxylic acids is 1. The van der Waals surface area contributed by atoms with Gasteiger partial charge in [-0.05, 0) is 52.9 Å². The van der Waals surface area contributed by atoms with Crippen molar-refractivity contribution >= 4 is 12.1 Å². The molecule has 19 heavy (non-hydrogen) atoms. The van der Waals surface area contributed by atoms with Crippen molar-refractivity contribution in [2.24, 2.45) is 5.41 Å². The lowest BCUT2D eigenvalue weighted by molar-refractivity contribution is -0.146. The van der Waals surface area contributed by atoms with Gasteiger partial charge in [0.2, 0.25) is 0 Å². The van der Waals surface area contributed by atoms with Gasteiger partial charge in [-0.15, -0.1) is 0 Å². The predicted octanol–water partition coefficient (Wildman–Crippen LogP) is 2.64. The van der Waals surface area contributed by atoms with Crippen LogP contribution in [0.25, 0.3) is 0 Å². The van der Waals surface area contributed by atoms with Crippen molar-refractivity contribution in [1.29, 1.82) is 0 Å². The quantitative estimate of drug-likeness (QED) is 0.836. The third-order valence-electron chi connectivity index (χ3n) is 3.98. The van der Waals surface area contributed by atoms with Gasteiger partial charge in [-0.2, -0.15) is 0 Å². The highest BCUT2D eigenvalue weighted by Gasteiger charge is 2.59. The third-order valence-corrected chi connectivity index (χ3v) is 3.98. The summed E-state index contributed by atoms with van der Waals surface area (Å²) < 4.78 is 5.40. The molecule has 1 atom stereocenters. The molecule has 1 aliphatic carbocycles. The molecule has 1 aliphatic heterocycles. The molecule has 108 valence electrons. The second-order valence-electron chi connectivity index (χ2n) is 6.65. The molecule has 5 heteroatoms. The van der Waals surface area contributed by atoms with Crippen molar-refractivity contribution in [1.82, 2.24) is 4.90 Å². The van der Waals surface area contributed by atoms with Gasteiger partial charge in [-0.3, -0.25) is 4.79 Å². The molecule has 1 heterocycles. The standard InChI is InChI=1S/C14H23NO4/c1-13(2,3)19-12(18)15-9-5-4-6-10(15)14(7-8-14)11(16)17/h10H,4-9H2,1-3H3,(H,16,17). The zero-order valence-corrected chi connectivity index (χ0v) is 11.9. The van der Waals surface area contributed by atoms with Gasteiger partial charge in [0, 0.05) is 6.54 Å². The SMILES string of the molecule is CC(C)(C)OC(=O)N1CCCCC1C1(C(=O)O)CC1. The minimum Gasteiger partial charge on any atom is -0.481 e. The molecule has 2 rings (SSSR count). The summed E-state index contributed by atoms with van der Waals surface area (Å²) in [6, 6.07) is -0.200. The van der Waals surface area contributed by atoms with Crippen LogP contribution in [0.4, 0.5) is 4.79 Å². The number of aliphatic carboxylic acids is 1. The van der Waals surface area contributed by atoms with Gasteiger partial charge >= 0.3 is 12.1 Å². The van der Waals surface area contributed by atoms with Crippen molar-refractivity contribution in [3.63, 3.8) is 0 Å². The Morgan fingerprint density at radius 1 is 1.26 bits per heavy atom. The van der Waals surface area contributed by atoms with E-state index in [4.69, 9.17) is 4.74 Å². The molecule has 1 N–H and O–H groups in total. The maximum atomic E-state index is 12.2.